The minimum Gasteiger partial charge on any atom is -0.480 e. The summed E-state index contributed by atoms with van der Waals surface area (Å²) in [4.78, 5) is 23.8. The molecule has 7 nitrogen and oxygen atoms in total. The fraction of sp³-hybridized carbons (Fsp3) is 0.545. The number of aliphatic carboxylic acids is 1. The van der Waals surface area contributed by atoms with Gasteiger partial charge in [0.05, 0.1) is 6.10 Å². The van der Waals surface area contributed by atoms with Crippen LogP contribution in [0, 0.1) is 0 Å². The third-order valence-electron chi connectivity index (χ3n) is 3.11. The van der Waals surface area contributed by atoms with E-state index < -0.39 is 42.4 Å². The zero-order valence-electron chi connectivity index (χ0n) is 10.6. The number of alkyl halides is 3. The van der Waals surface area contributed by atoms with E-state index in [1.54, 1.807) is 0 Å². The lowest BCUT2D eigenvalue weighted by Crippen LogP contribution is -2.42. The highest BCUT2D eigenvalue weighted by Crippen LogP contribution is 2.27. The van der Waals surface area contributed by atoms with Crippen LogP contribution in [0.4, 0.5) is 13.2 Å². The van der Waals surface area contributed by atoms with Crippen molar-refractivity contribution in [3.63, 3.8) is 0 Å². The number of rotatable bonds is 3. The van der Waals surface area contributed by atoms with Gasteiger partial charge in [-0.2, -0.15) is 18.3 Å². The molecule has 0 bridgehead atoms. The van der Waals surface area contributed by atoms with Crippen molar-refractivity contribution >= 4 is 11.9 Å². The van der Waals surface area contributed by atoms with Gasteiger partial charge in [0.25, 0.3) is 0 Å². The number of amides is 1. The summed E-state index contributed by atoms with van der Waals surface area (Å²) in [5.41, 5.74) is -1.13. The van der Waals surface area contributed by atoms with Crippen LogP contribution in [0.5, 0.6) is 0 Å². The fourth-order valence-electron chi connectivity index (χ4n) is 2.15. The number of nitrogens with zero attached hydrogens (tertiary/aromatic N) is 3. The molecule has 1 amide bonds. The average molecular weight is 307 g/mol. The van der Waals surface area contributed by atoms with Crippen LogP contribution in [-0.2, 0) is 22.3 Å². The van der Waals surface area contributed by atoms with E-state index in [1.165, 1.54) is 0 Å². The van der Waals surface area contributed by atoms with Crippen LogP contribution in [0.1, 0.15) is 12.1 Å². The number of carbonyl (C=O) groups is 2. The van der Waals surface area contributed by atoms with Gasteiger partial charge in [0.15, 0.2) is 5.69 Å². The predicted octanol–water partition coefficient (Wildman–Crippen LogP) is -0.0517. The third kappa shape index (κ3) is 3.32. The van der Waals surface area contributed by atoms with Crippen LogP contribution < -0.4 is 0 Å². The molecule has 0 aromatic carbocycles. The topological polar surface area (TPSA) is 95.7 Å². The second-order valence-corrected chi connectivity index (χ2v) is 4.69. The molecule has 1 fully saturated rings. The van der Waals surface area contributed by atoms with Crippen molar-refractivity contribution in [1.82, 2.24) is 14.7 Å². The first-order valence-electron chi connectivity index (χ1n) is 5.99. The minimum absolute atomic E-state index is 0.103. The Kier molecular flexibility index (Phi) is 3.90. The van der Waals surface area contributed by atoms with Crippen molar-refractivity contribution in [1.29, 1.82) is 0 Å². The van der Waals surface area contributed by atoms with Gasteiger partial charge in [0, 0.05) is 19.2 Å². The van der Waals surface area contributed by atoms with Crippen LogP contribution in [-0.4, -0.2) is 55.5 Å². The number of carboxylic acid groups (broad SMARTS) is 1. The van der Waals surface area contributed by atoms with E-state index in [1.807, 2.05) is 0 Å². The highest BCUT2D eigenvalue weighted by Gasteiger charge is 2.39. The highest BCUT2D eigenvalue weighted by molar-refractivity contribution is 5.84. The Hall–Kier alpha value is -2.10. The molecule has 1 aliphatic heterocycles. The summed E-state index contributed by atoms with van der Waals surface area (Å²) in [6, 6.07) is -0.453. The quantitative estimate of drug-likeness (QED) is 0.816. The molecule has 1 aliphatic rings. The summed E-state index contributed by atoms with van der Waals surface area (Å²) in [5.74, 6) is -1.98. The normalized spacial score (nSPS) is 22.6. The van der Waals surface area contributed by atoms with Crippen LogP contribution in [0.15, 0.2) is 12.3 Å². The Bertz CT molecular complexity index is 557. The Morgan fingerprint density at radius 2 is 2.10 bits per heavy atom. The summed E-state index contributed by atoms with van der Waals surface area (Å²) in [7, 11) is 0. The molecule has 0 spiro atoms. The van der Waals surface area contributed by atoms with E-state index in [0.717, 1.165) is 21.8 Å². The third-order valence-corrected chi connectivity index (χ3v) is 3.11. The van der Waals surface area contributed by atoms with E-state index in [-0.39, 0.29) is 13.0 Å². The fourth-order valence-corrected chi connectivity index (χ4v) is 2.15. The molecular formula is C11H12F3N3O4. The molecule has 1 aromatic rings. The lowest BCUT2D eigenvalue weighted by atomic mass is 10.2. The lowest BCUT2D eigenvalue weighted by Gasteiger charge is -2.21. The summed E-state index contributed by atoms with van der Waals surface area (Å²) < 4.78 is 37.9. The van der Waals surface area contributed by atoms with Crippen LogP contribution in [0.25, 0.3) is 0 Å². The zero-order chi connectivity index (χ0) is 15.8. The monoisotopic (exact) mass is 307 g/mol. The van der Waals surface area contributed by atoms with Crippen LogP contribution in [0.3, 0.4) is 0 Å². The molecule has 1 aromatic heterocycles. The van der Waals surface area contributed by atoms with Crippen LogP contribution in [0.2, 0.25) is 0 Å². The van der Waals surface area contributed by atoms with Gasteiger partial charge in [-0.25, -0.2) is 4.79 Å². The number of aliphatic hydroxyl groups is 1. The number of likely N-dealkylation sites (tertiary alicyclic amines) is 1. The molecule has 0 radical (unpaired) electrons. The number of carboxylic acids is 1. The largest absolute Gasteiger partial charge is 0.480 e. The van der Waals surface area contributed by atoms with Crippen molar-refractivity contribution in [2.45, 2.75) is 31.3 Å². The van der Waals surface area contributed by atoms with Gasteiger partial charge >= 0.3 is 12.1 Å². The van der Waals surface area contributed by atoms with Crippen molar-refractivity contribution in [2.24, 2.45) is 0 Å². The van der Waals surface area contributed by atoms with E-state index in [0.29, 0.717) is 0 Å². The van der Waals surface area contributed by atoms with E-state index in [2.05, 4.69) is 5.10 Å². The van der Waals surface area contributed by atoms with Gasteiger partial charge < -0.3 is 15.1 Å². The lowest BCUT2D eigenvalue weighted by molar-refractivity contribution is -0.148. The molecule has 0 aliphatic carbocycles. The molecule has 10 heteroatoms. The SMILES string of the molecule is O=C(O)[C@@H]1C[C@@H](O)CN1C(=O)Cn1ccc(C(F)(F)F)n1. The Morgan fingerprint density at radius 3 is 2.62 bits per heavy atom. The first-order valence-corrected chi connectivity index (χ1v) is 5.99. The van der Waals surface area contributed by atoms with Crippen molar-refractivity contribution in [3.8, 4) is 0 Å². The molecule has 0 unspecified atom stereocenters. The number of hydrogen-bond donors (Lipinski definition) is 2. The Labute approximate surface area is 116 Å². The standard InChI is InChI=1S/C11H12F3N3O4/c12-11(13,14)8-1-2-16(15-8)5-9(19)17-4-6(18)3-7(17)10(20)21/h1-2,6-7,18H,3-5H2,(H,20,21)/t6-,7+/m1/s1. The van der Waals surface area contributed by atoms with Gasteiger partial charge in [0.1, 0.15) is 12.6 Å². The van der Waals surface area contributed by atoms with Gasteiger partial charge in [-0.15, -0.1) is 0 Å². The van der Waals surface area contributed by atoms with Gasteiger partial charge in [-0.1, -0.05) is 0 Å². The summed E-state index contributed by atoms with van der Waals surface area (Å²) in [5, 5.41) is 21.6. The molecule has 2 N–H and O–H groups in total. The molecule has 2 atom stereocenters. The Morgan fingerprint density at radius 1 is 1.43 bits per heavy atom. The predicted molar refractivity (Wildman–Crippen MR) is 61.0 cm³/mol. The first kappa shape index (κ1) is 15.3. The summed E-state index contributed by atoms with van der Waals surface area (Å²) >= 11 is 0. The van der Waals surface area contributed by atoms with E-state index in [9.17, 15) is 27.9 Å². The van der Waals surface area contributed by atoms with Crippen molar-refractivity contribution < 1.29 is 33.0 Å². The van der Waals surface area contributed by atoms with Crippen LogP contribution >= 0.6 is 0 Å². The van der Waals surface area contributed by atoms with E-state index in [4.69, 9.17) is 5.11 Å². The minimum atomic E-state index is -4.61. The van der Waals surface area contributed by atoms with E-state index >= 15 is 0 Å². The zero-order valence-corrected chi connectivity index (χ0v) is 10.6. The molecule has 0 saturated carbocycles. The summed E-state index contributed by atoms with van der Waals surface area (Å²) in [6.07, 6.45) is -4.68. The Balaban J connectivity index is 2.07. The van der Waals surface area contributed by atoms with Gasteiger partial charge in [0.2, 0.25) is 5.91 Å². The first-order chi connectivity index (χ1) is 9.68. The number of aliphatic hydroxyl groups excluding tert-OH is 1. The van der Waals surface area contributed by atoms with Gasteiger partial charge in [-0.05, 0) is 6.07 Å². The summed E-state index contributed by atoms with van der Waals surface area (Å²) in [6.45, 7) is -0.685. The molecule has 116 valence electrons. The number of aromatic nitrogens is 2. The second kappa shape index (κ2) is 5.35. The molecule has 2 rings (SSSR count). The van der Waals surface area contributed by atoms with Gasteiger partial charge in [-0.3, -0.25) is 9.48 Å². The highest BCUT2D eigenvalue weighted by atomic mass is 19.4. The van der Waals surface area contributed by atoms with Crippen molar-refractivity contribution in [2.75, 3.05) is 6.54 Å². The average Bonchev–Trinajstić information content (AvgIpc) is 2.94. The van der Waals surface area contributed by atoms with Crippen molar-refractivity contribution in [3.05, 3.63) is 18.0 Å². The maximum Gasteiger partial charge on any atom is 0.435 e. The number of halogens is 3. The second-order valence-electron chi connectivity index (χ2n) is 4.69. The maximum absolute atomic E-state index is 12.4. The number of carbonyl (C=O) groups excluding carboxylic acids is 1. The molecular weight excluding hydrogens is 295 g/mol. The molecule has 21 heavy (non-hydrogen) atoms. The maximum atomic E-state index is 12.4. The number of β-amino-alcohol motifs (C(OH)–C–C–N with tert-alkyl or cyclic N) is 1. The molecule has 2 heterocycles. The number of hydrogen-bond acceptors (Lipinski definition) is 4. The smallest absolute Gasteiger partial charge is 0.435 e. The molecule has 1 saturated heterocycles.